The maximum absolute atomic E-state index is 12.7. The van der Waals surface area contributed by atoms with E-state index >= 15 is 0 Å². The van der Waals surface area contributed by atoms with Gasteiger partial charge >= 0.3 is 0 Å². The van der Waals surface area contributed by atoms with Crippen molar-refractivity contribution in [3.63, 3.8) is 0 Å². The number of carbonyl (C=O) groups is 1. The molecule has 0 N–H and O–H groups in total. The van der Waals surface area contributed by atoms with Crippen LogP contribution in [0.4, 0.5) is 0 Å². The van der Waals surface area contributed by atoms with Crippen LogP contribution in [0.15, 0.2) is 30.3 Å². The lowest BCUT2D eigenvalue weighted by Gasteiger charge is -2.32. The van der Waals surface area contributed by atoms with Crippen LogP contribution in [0.3, 0.4) is 0 Å². The third-order valence-corrected chi connectivity index (χ3v) is 6.86. The molecule has 130 valence electrons. The number of ketones is 1. The zero-order valence-corrected chi connectivity index (χ0v) is 14.8. The summed E-state index contributed by atoms with van der Waals surface area (Å²) >= 11 is 0. The Morgan fingerprint density at radius 1 is 0.875 bits per heavy atom. The van der Waals surface area contributed by atoms with Crippen LogP contribution in [0.1, 0.15) is 56.9 Å². The van der Waals surface area contributed by atoms with E-state index in [9.17, 15) is 4.79 Å². The Kier molecular flexibility index (Phi) is 5.03. The predicted molar refractivity (Wildman–Crippen MR) is 97.6 cm³/mol. The van der Waals surface area contributed by atoms with Crippen molar-refractivity contribution in [2.24, 2.45) is 23.7 Å². The van der Waals surface area contributed by atoms with E-state index in [4.69, 9.17) is 0 Å². The van der Waals surface area contributed by atoms with Crippen LogP contribution in [-0.4, -0.2) is 23.8 Å². The van der Waals surface area contributed by atoms with Crippen LogP contribution in [0.2, 0.25) is 0 Å². The van der Waals surface area contributed by atoms with E-state index in [1.165, 1.54) is 57.2 Å². The van der Waals surface area contributed by atoms with Gasteiger partial charge in [-0.05, 0) is 42.6 Å². The number of hydrogen-bond acceptors (Lipinski definition) is 2. The van der Waals surface area contributed by atoms with Gasteiger partial charge in [-0.25, -0.2) is 0 Å². The fraction of sp³-hybridized carbons (Fsp3) is 0.682. The van der Waals surface area contributed by atoms with E-state index in [2.05, 4.69) is 35.2 Å². The minimum absolute atomic E-state index is 0.386. The maximum atomic E-state index is 12.7. The van der Waals surface area contributed by atoms with Crippen molar-refractivity contribution in [3.05, 3.63) is 35.9 Å². The van der Waals surface area contributed by atoms with E-state index in [0.29, 0.717) is 17.6 Å². The van der Waals surface area contributed by atoms with Gasteiger partial charge in [-0.2, -0.15) is 0 Å². The normalized spacial score (nSPS) is 34.8. The molecule has 1 heterocycles. The topological polar surface area (TPSA) is 20.3 Å². The van der Waals surface area contributed by atoms with Gasteiger partial charge in [0.05, 0.1) is 0 Å². The number of likely N-dealkylation sites (tertiary alicyclic amines) is 1. The van der Waals surface area contributed by atoms with E-state index in [1.807, 2.05) is 0 Å². The Bertz CT molecular complexity index is 554. The average Bonchev–Trinajstić information content (AvgIpc) is 2.91. The summed E-state index contributed by atoms with van der Waals surface area (Å²) in [5, 5.41) is 0. The zero-order valence-electron chi connectivity index (χ0n) is 14.8. The minimum atomic E-state index is 0.386. The molecular weight excluding hydrogens is 294 g/mol. The molecule has 0 bridgehead atoms. The van der Waals surface area contributed by atoms with Gasteiger partial charge in [0.1, 0.15) is 5.78 Å². The first-order chi connectivity index (χ1) is 11.8. The molecule has 3 fully saturated rings. The minimum Gasteiger partial charge on any atom is -0.299 e. The van der Waals surface area contributed by atoms with Crippen LogP contribution >= 0.6 is 0 Å². The van der Waals surface area contributed by atoms with Crippen molar-refractivity contribution in [1.82, 2.24) is 4.90 Å². The SMILES string of the molecule is O=C1CCC2CN(Cc3ccccc3)CC2C2CCCCCCC12. The molecule has 1 aliphatic heterocycles. The molecule has 0 amide bonds. The zero-order chi connectivity index (χ0) is 16.4. The van der Waals surface area contributed by atoms with Gasteiger partial charge in [-0.3, -0.25) is 9.69 Å². The maximum Gasteiger partial charge on any atom is 0.136 e. The van der Waals surface area contributed by atoms with E-state index < -0.39 is 0 Å². The molecule has 0 aromatic heterocycles. The van der Waals surface area contributed by atoms with Gasteiger partial charge in [0, 0.05) is 32.0 Å². The summed E-state index contributed by atoms with van der Waals surface area (Å²) in [7, 11) is 0. The standard InChI is InChI=1S/C22H31NO/c24-22-13-12-18-15-23(14-17-8-4-3-5-9-17)16-21(18)19-10-6-1-2-7-11-20(19)22/h3-5,8-9,18-21H,1-2,6-7,10-16H2. The number of benzene rings is 1. The lowest BCUT2D eigenvalue weighted by molar-refractivity contribution is -0.125. The molecule has 4 rings (SSSR count). The Balaban J connectivity index is 1.49. The molecule has 24 heavy (non-hydrogen) atoms. The molecule has 4 atom stereocenters. The molecule has 2 heteroatoms. The molecule has 1 saturated heterocycles. The van der Waals surface area contributed by atoms with E-state index in [0.717, 1.165) is 31.2 Å². The largest absolute Gasteiger partial charge is 0.299 e. The van der Waals surface area contributed by atoms with Crippen molar-refractivity contribution in [2.75, 3.05) is 13.1 Å². The van der Waals surface area contributed by atoms with Crippen LogP contribution < -0.4 is 0 Å². The van der Waals surface area contributed by atoms with Crippen molar-refractivity contribution in [2.45, 2.75) is 57.9 Å². The number of Topliss-reactive ketones (excluding diaryl/α,β-unsaturated/α-hetero) is 1. The summed E-state index contributed by atoms with van der Waals surface area (Å²) in [6.45, 7) is 3.50. The van der Waals surface area contributed by atoms with Gasteiger partial charge in [0.25, 0.3) is 0 Å². The number of nitrogens with zero attached hydrogens (tertiary/aromatic N) is 1. The highest BCUT2D eigenvalue weighted by atomic mass is 16.1. The van der Waals surface area contributed by atoms with Gasteiger partial charge in [0.2, 0.25) is 0 Å². The molecule has 0 spiro atoms. The molecule has 0 radical (unpaired) electrons. The van der Waals surface area contributed by atoms with Crippen LogP contribution in [0, 0.1) is 23.7 Å². The predicted octanol–water partition coefficient (Wildman–Crippen LogP) is 4.68. The second-order valence-corrected chi connectivity index (χ2v) is 8.37. The number of rotatable bonds is 2. The molecule has 1 aromatic carbocycles. The third kappa shape index (κ3) is 3.44. The summed E-state index contributed by atoms with van der Waals surface area (Å²) in [6.07, 6.45) is 9.80. The van der Waals surface area contributed by atoms with Crippen LogP contribution in [0.25, 0.3) is 0 Å². The Labute approximate surface area is 146 Å². The van der Waals surface area contributed by atoms with Crippen molar-refractivity contribution in [1.29, 1.82) is 0 Å². The number of carbonyl (C=O) groups excluding carboxylic acids is 1. The molecule has 4 unspecified atom stereocenters. The molecule has 3 aliphatic rings. The summed E-state index contributed by atoms with van der Waals surface area (Å²) in [6, 6.07) is 10.9. The number of hydrogen-bond donors (Lipinski definition) is 0. The Morgan fingerprint density at radius 2 is 1.67 bits per heavy atom. The first-order valence-electron chi connectivity index (χ1n) is 10.1. The second-order valence-electron chi connectivity index (χ2n) is 8.37. The van der Waals surface area contributed by atoms with Gasteiger partial charge in [-0.15, -0.1) is 0 Å². The summed E-state index contributed by atoms with van der Waals surface area (Å²) in [5.74, 6) is 3.18. The Morgan fingerprint density at radius 3 is 2.50 bits per heavy atom. The van der Waals surface area contributed by atoms with Gasteiger partial charge in [-0.1, -0.05) is 56.0 Å². The highest BCUT2D eigenvalue weighted by Gasteiger charge is 2.44. The van der Waals surface area contributed by atoms with Crippen molar-refractivity contribution < 1.29 is 4.79 Å². The van der Waals surface area contributed by atoms with E-state index in [-0.39, 0.29) is 0 Å². The fourth-order valence-corrected chi connectivity index (χ4v) is 5.69. The van der Waals surface area contributed by atoms with E-state index in [1.54, 1.807) is 0 Å². The second kappa shape index (κ2) is 7.39. The van der Waals surface area contributed by atoms with Crippen LogP contribution in [-0.2, 0) is 11.3 Å². The lowest BCUT2D eigenvalue weighted by atomic mass is 9.72. The average molecular weight is 325 g/mol. The lowest BCUT2D eigenvalue weighted by Crippen LogP contribution is -2.32. The molecule has 1 aromatic rings. The molecule has 2 aliphatic carbocycles. The first-order valence-corrected chi connectivity index (χ1v) is 10.1. The van der Waals surface area contributed by atoms with Crippen molar-refractivity contribution in [3.8, 4) is 0 Å². The summed E-state index contributed by atoms with van der Waals surface area (Å²) in [4.78, 5) is 15.4. The highest BCUT2D eigenvalue weighted by Crippen LogP contribution is 2.45. The summed E-state index contributed by atoms with van der Waals surface area (Å²) in [5.41, 5.74) is 1.43. The van der Waals surface area contributed by atoms with Crippen molar-refractivity contribution >= 4 is 5.78 Å². The first kappa shape index (κ1) is 16.3. The molecule has 2 saturated carbocycles. The Hall–Kier alpha value is -1.15. The third-order valence-electron chi connectivity index (χ3n) is 6.86. The quantitative estimate of drug-likeness (QED) is 0.786. The fourth-order valence-electron chi connectivity index (χ4n) is 5.69. The number of fused-ring (bicyclic) bond motifs is 3. The van der Waals surface area contributed by atoms with Gasteiger partial charge < -0.3 is 0 Å². The van der Waals surface area contributed by atoms with Gasteiger partial charge in [0.15, 0.2) is 0 Å². The smallest absolute Gasteiger partial charge is 0.136 e. The molecule has 2 nitrogen and oxygen atoms in total. The van der Waals surface area contributed by atoms with Crippen LogP contribution in [0.5, 0.6) is 0 Å². The summed E-state index contributed by atoms with van der Waals surface area (Å²) < 4.78 is 0. The highest BCUT2D eigenvalue weighted by molar-refractivity contribution is 5.81. The monoisotopic (exact) mass is 325 g/mol. The molecular formula is C22H31NO.